The lowest BCUT2D eigenvalue weighted by molar-refractivity contribution is 0.0599. The number of rotatable bonds is 7. The molecule has 0 aliphatic heterocycles. The number of allylic oxidation sites excluding steroid dienone is 5. The molecule has 112 valence electrons. The van der Waals surface area contributed by atoms with Crippen molar-refractivity contribution in [3.8, 4) is 0 Å². The van der Waals surface area contributed by atoms with Crippen LogP contribution in [0.25, 0.3) is 0 Å². The Bertz CT molecular complexity index is 556. The summed E-state index contributed by atoms with van der Waals surface area (Å²) in [5.74, 6) is -0.276. The van der Waals surface area contributed by atoms with Crippen LogP contribution in [0.4, 0.5) is 0 Å². The first kappa shape index (κ1) is 17.4. The lowest BCUT2D eigenvalue weighted by Gasteiger charge is -2.08. The van der Waals surface area contributed by atoms with Crippen molar-refractivity contribution >= 4 is 21.9 Å². The predicted octanol–water partition coefficient (Wildman–Crippen LogP) is 5.21. The molecular weight excluding hydrogens is 328 g/mol. The quantitative estimate of drug-likeness (QED) is 0.499. The summed E-state index contributed by atoms with van der Waals surface area (Å²) in [5.41, 5.74) is 2.85. The molecule has 21 heavy (non-hydrogen) atoms. The summed E-state index contributed by atoms with van der Waals surface area (Å²) >= 11 is 3.47. The lowest BCUT2D eigenvalue weighted by atomic mass is 9.99. The summed E-state index contributed by atoms with van der Waals surface area (Å²) in [6.45, 7) is 5.82. The molecule has 1 aromatic carbocycles. The number of benzene rings is 1. The Morgan fingerprint density at radius 1 is 1.38 bits per heavy atom. The van der Waals surface area contributed by atoms with E-state index < -0.39 is 0 Å². The predicted molar refractivity (Wildman–Crippen MR) is 91.7 cm³/mol. The number of methoxy groups -OCH3 is 1. The summed E-state index contributed by atoms with van der Waals surface area (Å²) in [6, 6.07) is 7.59. The van der Waals surface area contributed by atoms with Crippen LogP contribution in [-0.4, -0.2) is 13.1 Å². The van der Waals surface area contributed by atoms with Crippen LogP contribution in [0.1, 0.15) is 35.7 Å². The van der Waals surface area contributed by atoms with Gasteiger partial charge in [0, 0.05) is 4.48 Å². The Hall–Kier alpha value is -1.61. The monoisotopic (exact) mass is 348 g/mol. The molecule has 0 radical (unpaired) electrons. The normalized spacial score (nSPS) is 12.1. The minimum Gasteiger partial charge on any atom is -0.465 e. The standard InChI is InChI=1S/C18H21BrO2/c1-4-14(13-16(19)5-2)9-8-11-15-10-6-7-12-17(15)18(20)21-3/h4-7,10,12-13H,1,8-9,11H2,2-3H3/b14-13+,16-5+. The SMILES string of the molecule is C=C/C(=C\C(Br)=C/C)CCCc1ccccc1C(=O)OC. The molecular formula is C18H21BrO2. The van der Waals surface area contributed by atoms with E-state index in [9.17, 15) is 4.79 Å². The first-order chi connectivity index (χ1) is 10.1. The van der Waals surface area contributed by atoms with E-state index >= 15 is 0 Å². The van der Waals surface area contributed by atoms with Crippen LogP contribution in [0.2, 0.25) is 0 Å². The minimum absolute atomic E-state index is 0.276. The average molecular weight is 349 g/mol. The number of carbonyl (C=O) groups excluding carboxylic acids is 1. The van der Waals surface area contributed by atoms with Gasteiger partial charge in [0.2, 0.25) is 0 Å². The molecule has 0 saturated carbocycles. The van der Waals surface area contributed by atoms with Gasteiger partial charge in [-0.1, -0.05) is 52.9 Å². The van der Waals surface area contributed by atoms with Crippen LogP contribution in [0.3, 0.4) is 0 Å². The molecule has 0 bridgehead atoms. The maximum absolute atomic E-state index is 11.7. The molecule has 0 aliphatic carbocycles. The third-order valence-electron chi connectivity index (χ3n) is 3.20. The van der Waals surface area contributed by atoms with Crippen molar-refractivity contribution in [2.75, 3.05) is 7.11 Å². The van der Waals surface area contributed by atoms with E-state index in [1.807, 2.05) is 43.3 Å². The van der Waals surface area contributed by atoms with E-state index in [0.29, 0.717) is 5.56 Å². The number of carbonyl (C=O) groups is 1. The second kappa shape index (κ2) is 9.35. The van der Waals surface area contributed by atoms with E-state index in [4.69, 9.17) is 4.74 Å². The van der Waals surface area contributed by atoms with Crippen molar-refractivity contribution in [2.45, 2.75) is 26.2 Å². The van der Waals surface area contributed by atoms with Crippen molar-refractivity contribution in [1.29, 1.82) is 0 Å². The molecule has 3 heteroatoms. The second-order valence-electron chi connectivity index (χ2n) is 4.60. The molecule has 0 fully saturated rings. The highest BCUT2D eigenvalue weighted by Crippen LogP contribution is 2.18. The Morgan fingerprint density at radius 2 is 2.10 bits per heavy atom. The largest absolute Gasteiger partial charge is 0.465 e. The van der Waals surface area contributed by atoms with Gasteiger partial charge in [-0.2, -0.15) is 0 Å². The molecule has 1 rings (SSSR count). The Morgan fingerprint density at radius 3 is 2.71 bits per heavy atom. The number of esters is 1. The molecule has 0 unspecified atom stereocenters. The summed E-state index contributed by atoms with van der Waals surface area (Å²) in [4.78, 5) is 11.7. The first-order valence-corrected chi connectivity index (χ1v) is 7.72. The van der Waals surface area contributed by atoms with Crippen molar-refractivity contribution < 1.29 is 9.53 Å². The van der Waals surface area contributed by atoms with Crippen LogP contribution < -0.4 is 0 Å². The van der Waals surface area contributed by atoms with Crippen LogP contribution in [-0.2, 0) is 11.2 Å². The van der Waals surface area contributed by atoms with E-state index in [1.54, 1.807) is 0 Å². The highest BCUT2D eigenvalue weighted by atomic mass is 79.9. The smallest absolute Gasteiger partial charge is 0.338 e. The zero-order chi connectivity index (χ0) is 15.7. The van der Waals surface area contributed by atoms with Gasteiger partial charge in [0.05, 0.1) is 12.7 Å². The fourth-order valence-electron chi connectivity index (χ4n) is 2.02. The van der Waals surface area contributed by atoms with Gasteiger partial charge in [-0.3, -0.25) is 0 Å². The first-order valence-electron chi connectivity index (χ1n) is 6.93. The number of aryl methyl sites for hydroxylation is 1. The van der Waals surface area contributed by atoms with E-state index in [1.165, 1.54) is 12.7 Å². The van der Waals surface area contributed by atoms with Crippen molar-refractivity contribution in [2.24, 2.45) is 0 Å². The second-order valence-corrected chi connectivity index (χ2v) is 5.51. The van der Waals surface area contributed by atoms with Gasteiger partial charge in [-0.25, -0.2) is 4.79 Å². The van der Waals surface area contributed by atoms with Crippen molar-refractivity contribution in [3.63, 3.8) is 0 Å². The fourth-order valence-corrected chi connectivity index (χ4v) is 2.32. The third-order valence-corrected chi connectivity index (χ3v) is 3.88. The van der Waals surface area contributed by atoms with Crippen LogP contribution in [0.5, 0.6) is 0 Å². The van der Waals surface area contributed by atoms with Gasteiger partial charge in [-0.05, 0) is 49.5 Å². The zero-order valence-corrected chi connectivity index (χ0v) is 14.2. The molecule has 2 nitrogen and oxygen atoms in total. The Labute approximate surface area is 135 Å². The molecule has 0 N–H and O–H groups in total. The number of ether oxygens (including phenoxy) is 1. The van der Waals surface area contributed by atoms with Gasteiger partial charge in [0.25, 0.3) is 0 Å². The summed E-state index contributed by atoms with van der Waals surface area (Å²) < 4.78 is 5.86. The van der Waals surface area contributed by atoms with Gasteiger partial charge in [-0.15, -0.1) is 0 Å². The van der Waals surface area contributed by atoms with Crippen LogP contribution >= 0.6 is 15.9 Å². The van der Waals surface area contributed by atoms with Crippen molar-refractivity contribution in [3.05, 3.63) is 70.3 Å². The summed E-state index contributed by atoms with van der Waals surface area (Å²) in [7, 11) is 1.41. The summed E-state index contributed by atoms with van der Waals surface area (Å²) in [5, 5.41) is 0. The van der Waals surface area contributed by atoms with E-state index in [2.05, 4.69) is 28.6 Å². The third kappa shape index (κ3) is 5.72. The topological polar surface area (TPSA) is 26.3 Å². The maximum Gasteiger partial charge on any atom is 0.338 e. The fraction of sp³-hybridized carbons (Fsp3) is 0.278. The van der Waals surface area contributed by atoms with Gasteiger partial charge < -0.3 is 4.74 Å². The summed E-state index contributed by atoms with van der Waals surface area (Å²) in [6.07, 6.45) is 8.65. The van der Waals surface area contributed by atoms with Gasteiger partial charge in [0.1, 0.15) is 0 Å². The molecule has 0 heterocycles. The molecule has 0 atom stereocenters. The van der Waals surface area contributed by atoms with Gasteiger partial charge >= 0.3 is 5.97 Å². The number of halogens is 1. The average Bonchev–Trinajstić information content (AvgIpc) is 2.53. The van der Waals surface area contributed by atoms with Crippen LogP contribution in [0.15, 0.2) is 59.1 Å². The Balaban J connectivity index is 2.70. The molecule has 0 amide bonds. The molecule has 0 saturated heterocycles. The lowest BCUT2D eigenvalue weighted by Crippen LogP contribution is -2.05. The zero-order valence-electron chi connectivity index (χ0n) is 12.6. The number of hydrogen-bond donors (Lipinski definition) is 0. The molecule has 1 aromatic rings. The molecule has 0 spiro atoms. The minimum atomic E-state index is -0.276. The van der Waals surface area contributed by atoms with E-state index in [0.717, 1.165) is 29.3 Å². The molecule has 0 aromatic heterocycles. The highest BCUT2D eigenvalue weighted by Gasteiger charge is 2.10. The van der Waals surface area contributed by atoms with Crippen molar-refractivity contribution in [1.82, 2.24) is 0 Å². The van der Waals surface area contributed by atoms with Gasteiger partial charge in [0.15, 0.2) is 0 Å². The highest BCUT2D eigenvalue weighted by molar-refractivity contribution is 9.11. The van der Waals surface area contributed by atoms with Crippen LogP contribution in [0, 0.1) is 0 Å². The number of hydrogen-bond acceptors (Lipinski definition) is 2. The Kier molecular flexibility index (Phi) is 7.76. The maximum atomic E-state index is 11.7. The van der Waals surface area contributed by atoms with E-state index in [-0.39, 0.29) is 5.97 Å². The molecule has 0 aliphatic rings.